The monoisotopic (exact) mass is 1020 g/mol. The normalized spacial score (nSPS) is 14.5. The van der Waals surface area contributed by atoms with E-state index >= 15 is 0 Å². The average Bonchev–Trinajstić information content (AvgIpc) is 3.37. The maximum atomic E-state index is 12.9. The molecule has 12 heteroatoms. The summed E-state index contributed by atoms with van der Waals surface area (Å²) in [6.07, 6.45) is 65.8. The molecule has 0 aromatic carbocycles. The molecule has 0 saturated heterocycles. The SMILES string of the molecule is CC/C=C\C/C=C\C/C=C\C/C=C\CCCCCCC(=O)OC(COC(=O)CC/C=C\C/C=C\C/C=C\C/C=C\CC)COP(=O)(O)OCC(CO)OC(=O)CCCCCCC/C=C\C/C=C\C/C=C\CC. The van der Waals surface area contributed by atoms with Crippen LogP contribution >= 0.6 is 7.82 Å². The molecular weight excluding hydrogens is 928 g/mol. The minimum absolute atomic E-state index is 0.0911. The van der Waals surface area contributed by atoms with Crippen LogP contribution < -0.4 is 0 Å². The van der Waals surface area contributed by atoms with Gasteiger partial charge in [-0.05, 0) is 116 Å². The Morgan fingerprint density at radius 1 is 0.389 bits per heavy atom. The molecule has 0 bridgehead atoms. The Hall–Kier alpha value is -4.38. The molecule has 3 atom stereocenters. The molecule has 3 unspecified atom stereocenters. The van der Waals surface area contributed by atoms with E-state index in [1.807, 2.05) is 12.2 Å². The zero-order chi connectivity index (χ0) is 52.7. The van der Waals surface area contributed by atoms with Gasteiger partial charge in [0.1, 0.15) is 12.7 Å². The van der Waals surface area contributed by atoms with Gasteiger partial charge in [0, 0.05) is 19.3 Å². The highest BCUT2D eigenvalue weighted by Gasteiger charge is 2.28. The molecule has 0 spiro atoms. The van der Waals surface area contributed by atoms with Gasteiger partial charge >= 0.3 is 25.7 Å². The maximum Gasteiger partial charge on any atom is 0.472 e. The number of phosphoric acid groups is 1. The highest BCUT2D eigenvalue weighted by molar-refractivity contribution is 7.47. The molecule has 0 radical (unpaired) electrons. The third-order valence-corrected chi connectivity index (χ3v) is 11.5. The quantitative estimate of drug-likeness (QED) is 0.0197. The predicted octanol–water partition coefficient (Wildman–Crippen LogP) is 15.8. The van der Waals surface area contributed by atoms with Gasteiger partial charge in [-0.25, -0.2) is 4.57 Å². The first-order valence-electron chi connectivity index (χ1n) is 27.1. The summed E-state index contributed by atoms with van der Waals surface area (Å²) in [5.74, 6) is -1.63. The van der Waals surface area contributed by atoms with E-state index < -0.39 is 64.4 Å². The molecule has 0 amide bonds. The van der Waals surface area contributed by atoms with Crippen molar-refractivity contribution < 1.29 is 52.2 Å². The molecule has 2 N–H and O–H groups in total. The second kappa shape index (κ2) is 52.9. The summed E-state index contributed by atoms with van der Waals surface area (Å²) in [6, 6.07) is 0. The van der Waals surface area contributed by atoms with Crippen molar-refractivity contribution in [2.45, 2.75) is 200 Å². The smallest absolute Gasteiger partial charge is 0.462 e. The van der Waals surface area contributed by atoms with Crippen molar-refractivity contribution >= 4 is 25.7 Å². The second-order valence-corrected chi connectivity index (χ2v) is 18.7. The van der Waals surface area contributed by atoms with Crippen LogP contribution in [0.4, 0.5) is 0 Å². The van der Waals surface area contributed by atoms with Gasteiger partial charge in [-0.3, -0.25) is 23.4 Å². The third kappa shape index (κ3) is 50.6. The largest absolute Gasteiger partial charge is 0.472 e. The molecular formula is C60H95O11P. The Balaban J connectivity index is 4.87. The van der Waals surface area contributed by atoms with Crippen LogP contribution in [0.25, 0.3) is 0 Å². The van der Waals surface area contributed by atoms with Gasteiger partial charge in [0.25, 0.3) is 0 Å². The highest BCUT2D eigenvalue weighted by atomic mass is 31.2. The van der Waals surface area contributed by atoms with Crippen LogP contribution in [-0.4, -0.2) is 66.5 Å². The molecule has 72 heavy (non-hydrogen) atoms. The Morgan fingerprint density at radius 2 is 0.708 bits per heavy atom. The summed E-state index contributed by atoms with van der Waals surface area (Å²) >= 11 is 0. The average molecular weight is 1020 g/mol. The number of unbranched alkanes of at least 4 members (excludes halogenated alkanes) is 9. The number of carbonyl (C=O) groups is 3. The molecule has 0 heterocycles. The minimum Gasteiger partial charge on any atom is -0.462 e. The lowest BCUT2D eigenvalue weighted by Gasteiger charge is -2.21. The molecule has 0 aromatic heterocycles. The summed E-state index contributed by atoms with van der Waals surface area (Å²) < 4.78 is 39.3. The van der Waals surface area contributed by atoms with Crippen molar-refractivity contribution in [1.29, 1.82) is 0 Å². The van der Waals surface area contributed by atoms with Crippen LogP contribution in [0.3, 0.4) is 0 Å². The van der Waals surface area contributed by atoms with E-state index in [4.69, 9.17) is 23.3 Å². The number of hydrogen-bond donors (Lipinski definition) is 2. The number of carbonyl (C=O) groups excluding carboxylic acids is 3. The van der Waals surface area contributed by atoms with Gasteiger partial charge in [0.05, 0.1) is 19.8 Å². The summed E-state index contributed by atoms with van der Waals surface area (Å²) in [6.45, 7) is 4.14. The van der Waals surface area contributed by atoms with Crippen LogP contribution in [0, 0.1) is 0 Å². The summed E-state index contributed by atoms with van der Waals surface area (Å²) in [5, 5.41) is 9.80. The number of aliphatic hydroxyl groups excluding tert-OH is 1. The highest BCUT2D eigenvalue weighted by Crippen LogP contribution is 2.43. The Bertz CT molecular complexity index is 1710. The van der Waals surface area contributed by atoms with Gasteiger partial charge in [-0.2, -0.15) is 0 Å². The zero-order valence-electron chi connectivity index (χ0n) is 44.6. The summed E-state index contributed by atoms with van der Waals surface area (Å²) in [5.41, 5.74) is 0. The van der Waals surface area contributed by atoms with E-state index in [1.54, 1.807) is 0 Å². The van der Waals surface area contributed by atoms with E-state index in [1.165, 1.54) is 0 Å². The molecule has 0 aliphatic carbocycles. The van der Waals surface area contributed by atoms with E-state index in [0.29, 0.717) is 19.3 Å². The lowest BCUT2D eigenvalue weighted by Crippen LogP contribution is -2.30. The first-order chi connectivity index (χ1) is 35.2. The third-order valence-electron chi connectivity index (χ3n) is 10.6. The predicted molar refractivity (Wildman–Crippen MR) is 297 cm³/mol. The Morgan fingerprint density at radius 3 is 1.10 bits per heavy atom. The van der Waals surface area contributed by atoms with Crippen molar-refractivity contribution in [3.05, 3.63) is 134 Å². The number of rotatable bonds is 48. The lowest BCUT2D eigenvalue weighted by molar-refractivity contribution is -0.161. The standard InChI is InChI=1S/C60H95O11P/c1-4-7-10-13-16-19-22-25-27-28-30-33-36-39-42-45-48-51-60(64)71-57(53-67-58(62)49-46-43-40-37-34-31-24-21-18-15-12-9-6-3)55-69-72(65,66)68-54-56(52-61)70-59(63)50-47-44-41-38-35-32-29-26-23-20-17-14-11-8-5-2/h7-12,16-21,25-27,29-31,33-34,40,43,56-57,61H,4-6,13-15,22-24,28,32,35-39,41-42,44-55H2,1-3H3,(H,65,66)/b10-7-,11-8-,12-9-,19-16-,20-17-,21-18-,27-25-,29-26-,33-30-,34-31-,43-40-. The van der Waals surface area contributed by atoms with E-state index in [-0.39, 0.29) is 19.3 Å². The van der Waals surface area contributed by atoms with Crippen LogP contribution in [0.1, 0.15) is 188 Å². The number of aliphatic hydroxyl groups is 1. The summed E-state index contributed by atoms with van der Waals surface area (Å²) in [7, 11) is -4.78. The molecule has 406 valence electrons. The van der Waals surface area contributed by atoms with E-state index in [9.17, 15) is 28.9 Å². The topological polar surface area (TPSA) is 155 Å². The van der Waals surface area contributed by atoms with Gasteiger partial charge in [0.15, 0.2) is 6.10 Å². The van der Waals surface area contributed by atoms with Gasteiger partial charge < -0.3 is 24.2 Å². The summed E-state index contributed by atoms with van der Waals surface area (Å²) in [4.78, 5) is 48.4. The minimum atomic E-state index is -4.78. The van der Waals surface area contributed by atoms with Crippen LogP contribution in [0.2, 0.25) is 0 Å². The maximum absolute atomic E-state index is 12.9. The van der Waals surface area contributed by atoms with Crippen LogP contribution in [-0.2, 0) is 42.2 Å². The molecule has 0 rings (SSSR count). The molecule has 0 saturated carbocycles. The Labute approximate surface area is 436 Å². The van der Waals surface area contributed by atoms with Crippen molar-refractivity contribution in [3.63, 3.8) is 0 Å². The number of esters is 3. The first kappa shape index (κ1) is 67.6. The second-order valence-electron chi connectivity index (χ2n) is 17.2. The zero-order valence-corrected chi connectivity index (χ0v) is 45.5. The fourth-order valence-electron chi connectivity index (χ4n) is 6.55. The van der Waals surface area contributed by atoms with Crippen molar-refractivity contribution in [1.82, 2.24) is 0 Å². The Kier molecular flexibility index (Phi) is 49.7. The molecule has 0 aliphatic rings. The van der Waals surface area contributed by atoms with Gasteiger partial charge in [-0.1, -0.05) is 187 Å². The van der Waals surface area contributed by atoms with Crippen LogP contribution in [0.15, 0.2) is 134 Å². The van der Waals surface area contributed by atoms with Crippen LogP contribution in [0.5, 0.6) is 0 Å². The van der Waals surface area contributed by atoms with Crippen molar-refractivity contribution in [2.24, 2.45) is 0 Å². The van der Waals surface area contributed by atoms with Gasteiger partial charge in [0.2, 0.25) is 0 Å². The first-order valence-corrected chi connectivity index (χ1v) is 28.6. The lowest BCUT2D eigenvalue weighted by atomic mass is 10.1. The number of ether oxygens (including phenoxy) is 3. The molecule has 0 fully saturated rings. The number of hydrogen-bond acceptors (Lipinski definition) is 10. The molecule has 0 aliphatic heterocycles. The van der Waals surface area contributed by atoms with Crippen molar-refractivity contribution in [2.75, 3.05) is 26.4 Å². The van der Waals surface area contributed by atoms with Gasteiger partial charge in [-0.15, -0.1) is 0 Å². The van der Waals surface area contributed by atoms with E-state index in [0.717, 1.165) is 128 Å². The number of phosphoric ester groups is 1. The molecule has 11 nitrogen and oxygen atoms in total. The fourth-order valence-corrected chi connectivity index (χ4v) is 7.33. The molecule has 0 aromatic rings. The van der Waals surface area contributed by atoms with Crippen molar-refractivity contribution in [3.8, 4) is 0 Å². The van der Waals surface area contributed by atoms with E-state index in [2.05, 4.69) is 142 Å². The number of allylic oxidation sites excluding steroid dienone is 22. The fraction of sp³-hybridized carbons (Fsp3) is 0.583.